The van der Waals surface area contributed by atoms with E-state index in [4.69, 9.17) is 0 Å². The Balaban J connectivity index is 1.23. The summed E-state index contributed by atoms with van der Waals surface area (Å²) in [6.45, 7) is 2.90. The van der Waals surface area contributed by atoms with Gasteiger partial charge in [0.15, 0.2) is 0 Å². The summed E-state index contributed by atoms with van der Waals surface area (Å²) < 4.78 is 1.93. The van der Waals surface area contributed by atoms with Gasteiger partial charge >= 0.3 is 0 Å². The van der Waals surface area contributed by atoms with Crippen molar-refractivity contribution in [3.63, 3.8) is 0 Å². The number of aromatic nitrogens is 4. The average molecular weight is 427 g/mol. The molecule has 1 aliphatic rings. The number of nitrogens with zero attached hydrogens (tertiary/aromatic N) is 5. The molecule has 0 saturated carbocycles. The molecule has 0 radical (unpaired) electrons. The van der Waals surface area contributed by atoms with Crippen LogP contribution in [0.4, 0.5) is 5.69 Å². The highest BCUT2D eigenvalue weighted by atomic mass is 16.1. The van der Waals surface area contributed by atoms with Gasteiger partial charge in [0.05, 0.1) is 28.6 Å². The second kappa shape index (κ2) is 8.88. The van der Waals surface area contributed by atoms with Crippen molar-refractivity contribution in [2.45, 2.75) is 25.3 Å². The summed E-state index contributed by atoms with van der Waals surface area (Å²) in [4.78, 5) is 28.6. The van der Waals surface area contributed by atoms with Gasteiger partial charge in [-0.25, -0.2) is 4.98 Å². The first-order valence-corrected chi connectivity index (χ1v) is 11.0. The molecule has 1 saturated heterocycles. The van der Waals surface area contributed by atoms with Crippen LogP contribution in [0.15, 0.2) is 67.3 Å². The zero-order chi connectivity index (χ0) is 21.9. The third-order valence-electron chi connectivity index (χ3n) is 6.07. The second-order valence-electron chi connectivity index (χ2n) is 8.38. The lowest BCUT2D eigenvalue weighted by Gasteiger charge is -2.32. The summed E-state index contributed by atoms with van der Waals surface area (Å²) in [5.41, 5.74) is 5.32. The molecule has 162 valence electrons. The highest BCUT2D eigenvalue weighted by Gasteiger charge is 2.23. The zero-order valence-electron chi connectivity index (χ0n) is 18.1. The number of likely N-dealkylation sites (tertiary alicyclic amines) is 1. The van der Waals surface area contributed by atoms with Crippen molar-refractivity contribution in [2.24, 2.45) is 7.05 Å². The number of nitrogens with one attached hydrogen (secondary N) is 1. The Morgan fingerprint density at radius 2 is 2.06 bits per heavy atom. The molecule has 4 aromatic rings. The Morgan fingerprint density at radius 3 is 2.88 bits per heavy atom. The predicted octanol–water partition coefficient (Wildman–Crippen LogP) is 4.00. The Morgan fingerprint density at radius 1 is 1.12 bits per heavy atom. The highest BCUT2D eigenvalue weighted by molar-refractivity contribution is 6.04. The number of amides is 1. The van der Waals surface area contributed by atoms with Gasteiger partial charge < -0.3 is 9.88 Å². The van der Waals surface area contributed by atoms with Gasteiger partial charge in [-0.05, 0) is 61.9 Å². The number of imidazole rings is 1. The largest absolute Gasteiger partial charge is 0.334 e. The number of hydrogen-bond donors (Lipinski definition) is 1. The molecule has 1 N–H and O–H groups in total. The summed E-state index contributed by atoms with van der Waals surface area (Å²) in [7, 11) is 1.94. The van der Waals surface area contributed by atoms with Crippen LogP contribution in [-0.2, 0) is 13.6 Å². The number of aryl methyl sites for hydroxylation is 1. The predicted molar refractivity (Wildman–Crippen MR) is 124 cm³/mol. The van der Waals surface area contributed by atoms with Crippen molar-refractivity contribution in [1.82, 2.24) is 24.4 Å². The van der Waals surface area contributed by atoms with Gasteiger partial charge in [-0.1, -0.05) is 6.07 Å². The van der Waals surface area contributed by atoms with E-state index in [1.807, 2.05) is 60.3 Å². The Kier molecular flexibility index (Phi) is 5.64. The summed E-state index contributed by atoms with van der Waals surface area (Å²) in [5.74, 6) is 0.211. The number of piperidine rings is 1. The first-order valence-electron chi connectivity index (χ1n) is 11.0. The number of anilines is 1. The van der Waals surface area contributed by atoms with Crippen LogP contribution in [-0.4, -0.2) is 43.4 Å². The van der Waals surface area contributed by atoms with Gasteiger partial charge in [-0.15, -0.1) is 0 Å². The van der Waals surface area contributed by atoms with Crippen LogP contribution in [0.3, 0.4) is 0 Å². The first-order chi connectivity index (χ1) is 15.7. The maximum absolute atomic E-state index is 12.7. The van der Waals surface area contributed by atoms with Crippen LogP contribution in [0.5, 0.6) is 0 Å². The highest BCUT2D eigenvalue weighted by Crippen LogP contribution is 2.26. The fourth-order valence-corrected chi connectivity index (χ4v) is 4.35. The van der Waals surface area contributed by atoms with Crippen molar-refractivity contribution in [3.8, 4) is 0 Å². The van der Waals surface area contributed by atoms with E-state index in [1.54, 1.807) is 12.5 Å². The molecule has 1 atom stereocenters. The quantitative estimate of drug-likeness (QED) is 0.522. The maximum Gasteiger partial charge on any atom is 0.257 e. The van der Waals surface area contributed by atoms with E-state index in [2.05, 4.69) is 31.2 Å². The van der Waals surface area contributed by atoms with Gasteiger partial charge in [0.2, 0.25) is 0 Å². The lowest BCUT2D eigenvalue weighted by Crippen LogP contribution is -2.34. The van der Waals surface area contributed by atoms with E-state index in [1.165, 1.54) is 0 Å². The second-order valence-corrected chi connectivity index (χ2v) is 8.38. The van der Waals surface area contributed by atoms with Gasteiger partial charge in [0.25, 0.3) is 5.91 Å². The number of rotatable bonds is 5. The fraction of sp³-hybridized carbons (Fsp3) is 0.280. The Hall–Kier alpha value is -3.58. The fourth-order valence-electron chi connectivity index (χ4n) is 4.35. The molecule has 1 fully saturated rings. The molecule has 4 heterocycles. The van der Waals surface area contributed by atoms with Crippen LogP contribution < -0.4 is 5.32 Å². The molecule has 1 amide bonds. The number of carbonyl (C=O) groups excluding carboxylic acids is 1. The Bertz CT molecular complexity index is 1220. The topological polar surface area (TPSA) is 75.9 Å². The average Bonchev–Trinajstić information content (AvgIpc) is 3.20. The van der Waals surface area contributed by atoms with Crippen LogP contribution in [0.1, 0.15) is 40.5 Å². The smallest absolute Gasteiger partial charge is 0.257 e. The van der Waals surface area contributed by atoms with Crippen molar-refractivity contribution in [3.05, 3.63) is 84.2 Å². The molecule has 7 heteroatoms. The monoisotopic (exact) mass is 426 g/mol. The molecular formula is C25H26N6O. The normalized spacial score (nSPS) is 16.8. The maximum atomic E-state index is 12.7. The minimum atomic E-state index is -0.161. The van der Waals surface area contributed by atoms with Gasteiger partial charge in [0.1, 0.15) is 0 Å². The van der Waals surface area contributed by atoms with E-state index in [0.29, 0.717) is 11.5 Å². The molecule has 3 aromatic heterocycles. The van der Waals surface area contributed by atoms with E-state index in [9.17, 15) is 4.79 Å². The van der Waals surface area contributed by atoms with Gasteiger partial charge in [0, 0.05) is 49.8 Å². The lowest BCUT2D eigenvalue weighted by atomic mass is 9.94. The number of benzene rings is 1. The molecule has 0 bridgehead atoms. The molecule has 1 aliphatic heterocycles. The Labute approximate surface area is 187 Å². The van der Waals surface area contributed by atoms with Crippen molar-refractivity contribution in [2.75, 3.05) is 18.4 Å². The van der Waals surface area contributed by atoms with Crippen LogP contribution in [0, 0.1) is 0 Å². The number of carbonyl (C=O) groups is 1. The van der Waals surface area contributed by atoms with Crippen LogP contribution in [0.2, 0.25) is 0 Å². The third kappa shape index (κ3) is 4.38. The molecular weight excluding hydrogens is 400 g/mol. The van der Waals surface area contributed by atoms with Crippen LogP contribution in [0.25, 0.3) is 11.0 Å². The summed E-state index contributed by atoms with van der Waals surface area (Å²) in [6, 6.07) is 15.6. The molecule has 0 aliphatic carbocycles. The minimum Gasteiger partial charge on any atom is -0.334 e. The number of fused-ring (bicyclic) bond motifs is 1. The standard InChI is InChI=1S/C25H26N6O/c1-30-17-28-23-10-8-20(13-24(23)30)29-25(32)18-7-9-22(27-14-18)19-5-4-12-31(15-19)16-21-6-2-3-11-26-21/h2-3,6-11,13-14,17,19H,4-5,12,15-16H2,1H3,(H,29,32)/t19-/m1/s1. The van der Waals surface area contributed by atoms with Crippen molar-refractivity contribution < 1.29 is 4.79 Å². The summed E-state index contributed by atoms with van der Waals surface area (Å²) in [5, 5.41) is 2.97. The van der Waals surface area contributed by atoms with E-state index >= 15 is 0 Å². The van der Waals surface area contributed by atoms with E-state index in [-0.39, 0.29) is 5.91 Å². The number of hydrogen-bond acceptors (Lipinski definition) is 5. The summed E-state index contributed by atoms with van der Waals surface area (Å²) >= 11 is 0. The van der Waals surface area contributed by atoms with Crippen LogP contribution >= 0.6 is 0 Å². The summed E-state index contributed by atoms with van der Waals surface area (Å²) in [6.07, 6.45) is 7.55. The number of pyridine rings is 2. The van der Waals surface area contributed by atoms with Crippen molar-refractivity contribution in [1.29, 1.82) is 0 Å². The lowest BCUT2D eigenvalue weighted by molar-refractivity contribution is 0.102. The molecule has 0 unspecified atom stereocenters. The molecule has 7 nitrogen and oxygen atoms in total. The molecule has 5 rings (SSSR count). The van der Waals surface area contributed by atoms with Gasteiger partial charge in [-0.3, -0.25) is 19.7 Å². The third-order valence-corrected chi connectivity index (χ3v) is 6.07. The zero-order valence-corrected chi connectivity index (χ0v) is 18.1. The SMILES string of the molecule is Cn1cnc2ccc(NC(=O)c3ccc([C@@H]4CCCN(Cc5ccccn5)C4)nc3)cc21. The first kappa shape index (κ1) is 20.3. The van der Waals surface area contributed by atoms with E-state index in [0.717, 1.165) is 60.6 Å². The van der Waals surface area contributed by atoms with E-state index < -0.39 is 0 Å². The molecule has 0 spiro atoms. The molecule has 32 heavy (non-hydrogen) atoms. The van der Waals surface area contributed by atoms with Crippen molar-refractivity contribution >= 4 is 22.6 Å². The molecule has 1 aromatic carbocycles. The van der Waals surface area contributed by atoms with Gasteiger partial charge in [-0.2, -0.15) is 0 Å². The minimum absolute atomic E-state index is 0.161.